The standard InChI is InChI=1S/C26H25N3O2S.ClH/c1-17(2)18-9-11-19(12-10-18)25-27-14-13-22(29-25)24(23-8-5-15-32-23)28-16-20-6-3-4-7-21(20)26(30)31;/h3-15,17,24,28H,16H2,1-2H3,(H,30,31);1H. The second kappa shape index (κ2) is 11.2. The Hall–Kier alpha value is -3.06. The second-order valence-electron chi connectivity index (χ2n) is 7.87. The van der Waals surface area contributed by atoms with Gasteiger partial charge in [-0.3, -0.25) is 0 Å². The number of benzene rings is 2. The zero-order valence-corrected chi connectivity index (χ0v) is 20.1. The Kier molecular flexibility index (Phi) is 8.33. The fourth-order valence-corrected chi connectivity index (χ4v) is 4.40. The van der Waals surface area contributed by atoms with E-state index in [0.29, 0.717) is 23.9 Å². The number of carbonyl (C=O) groups is 1. The van der Waals surface area contributed by atoms with Crippen molar-refractivity contribution in [2.75, 3.05) is 0 Å². The van der Waals surface area contributed by atoms with Gasteiger partial charge in [0.25, 0.3) is 0 Å². The quantitative estimate of drug-likeness (QED) is 0.309. The Morgan fingerprint density at radius 3 is 2.45 bits per heavy atom. The van der Waals surface area contributed by atoms with Crippen LogP contribution in [-0.4, -0.2) is 21.0 Å². The molecule has 170 valence electrons. The fourth-order valence-electron chi connectivity index (χ4n) is 3.59. The summed E-state index contributed by atoms with van der Waals surface area (Å²) in [5, 5.41) is 15.0. The van der Waals surface area contributed by atoms with E-state index in [1.165, 1.54) is 5.56 Å². The number of rotatable bonds is 8. The van der Waals surface area contributed by atoms with E-state index in [2.05, 4.69) is 54.5 Å². The molecule has 0 bridgehead atoms. The largest absolute Gasteiger partial charge is 0.478 e. The molecule has 0 saturated carbocycles. The number of nitrogens with one attached hydrogen (secondary N) is 1. The molecule has 33 heavy (non-hydrogen) atoms. The molecule has 2 heterocycles. The fraction of sp³-hybridized carbons (Fsp3) is 0.192. The molecule has 0 aliphatic carbocycles. The number of thiophene rings is 1. The van der Waals surface area contributed by atoms with Crippen molar-refractivity contribution < 1.29 is 9.90 Å². The van der Waals surface area contributed by atoms with E-state index in [4.69, 9.17) is 4.98 Å². The van der Waals surface area contributed by atoms with Crippen LogP contribution < -0.4 is 5.32 Å². The number of hydrogen-bond donors (Lipinski definition) is 2. The molecule has 0 saturated heterocycles. The molecule has 5 nitrogen and oxygen atoms in total. The van der Waals surface area contributed by atoms with E-state index in [1.54, 1.807) is 29.7 Å². The Balaban J connectivity index is 0.00000306. The lowest BCUT2D eigenvalue weighted by atomic mass is 10.0. The van der Waals surface area contributed by atoms with Gasteiger partial charge in [0.05, 0.1) is 17.3 Å². The Bertz CT molecular complexity index is 1190. The summed E-state index contributed by atoms with van der Waals surface area (Å²) in [5.74, 6) is 0.216. The number of carboxylic acids is 1. The van der Waals surface area contributed by atoms with E-state index in [0.717, 1.165) is 21.7 Å². The van der Waals surface area contributed by atoms with Gasteiger partial charge in [0.15, 0.2) is 5.82 Å². The number of carboxylic acid groups (broad SMARTS) is 1. The summed E-state index contributed by atoms with van der Waals surface area (Å²) in [4.78, 5) is 22.0. The molecule has 2 aromatic heterocycles. The minimum Gasteiger partial charge on any atom is -0.478 e. The van der Waals surface area contributed by atoms with E-state index in [-0.39, 0.29) is 18.4 Å². The van der Waals surface area contributed by atoms with E-state index in [1.807, 2.05) is 29.6 Å². The highest BCUT2D eigenvalue weighted by Gasteiger charge is 2.19. The molecule has 0 radical (unpaired) electrons. The molecule has 1 atom stereocenters. The molecular formula is C26H26ClN3O2S. The highest BCUT2D eigenvalue weighted by atomic mass is 35.5. The minimum atomic E-state index is -0.927. The minimum absolute atomic E-state index is 0. The van der Waals surface area contributed by atoms with Gasteiger partial charge in [0.1, 0.15) is 0 Å². The van der Waals surface area contributed by atoms with Crippen molar-refractivity contribution in [3.05, 3.63) is 106 Å². The highest BCUT2D eigenvalue weighted by Crippen LogP contribution is 2.27. The van der Waals surface area contributed by atoms with Crippen LogP contribution in [0.3, 0.4) is 0 Å². The van der Waals surface area contributed by atoms with E-state index in [9.17, 15) is 9.90 Å². The summed E-state index contributed by atoms with van der Waals surface area (Å²) in [6.45, 7) is 4.76. The lowest BCUT2D eigenvalue weighted by Gasteiger charge is -2.18. The smallest absolute Gasteiger partial charge is 0.336 e. The van der Waals surface area contributed by atoms with Crippen molar-refractivity contribution in [1.29, 1.82) is 0 Å². The molecule has 0 amide bonds. The maximum Gasteiger partial charge on any atom is 0.336 e. The summed E-state index contributed by atoms with van der Waals surface area (Å²) in [6.07, 6.45) is 1.78. The van der Waals surface area contributed by atoms with E-state index >= 15 is 0 Å². The first-order chi connectivity index (χ1) is 15.5. The number of hydrogen-bond acceptors (Lipinski definition) is 5. The van der Waals surface area contributed by atoms with Crippen LogP contribution in [0.4, 0.5) is 0 Å². The molecule has 2 N–H and O–H groups in total. The van der Waals surface area contributed by atoms with Gasteiger partial charge in [-0.1, -0.05) is 62.4 Å². The average Bonchev–Trinajstić information content (AvgIpc) is 3.34. The van der Waals surface area contributed by atoms with Crippen LogP contribution in [0.5, 0.6) is 0 Å². The van der Waals surface area contributed by atoms with Crippen molar-refractivity contribution in [3.8, 4) is 11.4 Å². The third-order valence-electron chi connectivity index (χ3n) is 5.38. The topological polar surface area (TPSA) is 75.1 Å². The van der Waals surface area contributed by atoms with Crippen LogP contribution >= 0.6 is 23.7 Å². The molecule has 0 aliphatic rings. The van der Waals surface area contributed by atoms with Crippen LogP contribution in [0.1, 0.15) is 57.9 Å². The number of nitrogens with zero attached hydrogens (tertiary/aromatic N) is 2. The van der Waals surface area contributed by atoms with Crippen LogP contribution in [0.25, 0.3) is 11.4 Å². The number of halogens is 1. The van der Waals surface area contributed by atoms with Gasteiger partial charge < -0.3 is 10.4 Å². The Labute approximate surface area is 204 Å². The van der Waals surface area contributed by atoms with Crippen molar-refractivity contribution in [2.24, 2.45) is 0 Å². The highest BCUT2D eigenvalue weighted by molar-refractivity contribution is 7.10. The average molecular weight is 480 g/mol. The molecule has 4 aromatic rings. The zero-order valence-electron chi connectivity index (χ0n) is 18.4. The molecule has 0 fully saturated rings. The van der Waals surface area contributed by atoms with Crippen LogP contribution in [0.15, 0.2) is 78.3 Å². The Morgan fingerprint density at radius 1 is 1.03 bits per heavy atom. The lowest BCUT2D eigenvalue weighted by molar-refractivity contribution is 0.0695. The first kappa shape index (κ1) is 24.6. The normalized spacial score (nSPS) is 11.7. The summed E-state index contributed by atoms with van der Waals surface area (Å²) in [6, 6.07) is 21.2. The van der Waals surface area contributed by atoms with Gasteiger partial charge in [0, 0.05) is 23.2 Å². The van der Waals surface area contributed by atoms with Gasteiger partial charge in [0.2, 0.25) is 0 Å². The maximum absolute atomic E-state index is 11.6. The predicted octanol–water partition coefficient (Wildman–Crippen LogP) is 6.33. The molecule has 1 unspecified atom stereocenters. The Morgan fingerprint density at radius 2 is 1.79 bits per heavy atom. The molecule has 0 spiro atoms. The number of aromatic nitrogens is 2. The summed E-state index contributed by atoms with van der Waals surface area (Å²) >= 11 is 1.64. The summed E-state index contributed by atoms with van der Waals surface area (Å²) < 4.78 is 0. The van der Waals surface area contributed by atoms with Gasteiger partial charge in [-0.15, -0.1) is 23.7 Å². The van der Waals surface area contributed by atoms with Gasteiger partial charge in [-0.2, -0.15) is 0 Å². The van der Waals surface area contributed by atoms with Crippen molar-refractivity contribution >= 4 is 29.7 Å². The second-order valence-corrected chi connectivity index (χ2v) is 8.85. The van der Waals surface area contributed by atoms with Gasteiger partial charge >= 0.3 is 5.97 Å². The third kappa shape index (κ3) is 5.85. The van der Waals surface area contributed by atoms with Crippen molar-refractivity contribution in [2.45, 2.75) is 32.4 Å². The number of aromatic carboxylic acids is 1. The predicted molar refractivity (Wildman–Crippen MR) is 135 cm³/mol. The van der Waals surface area contributed by atoms with E-state index < -0.39 is 5.97 Å². The van der Waals surface area contributed by atoms with Crippen molar-refractivity contribution in [1.82, 2.24) is 15.3 Å². The molecule has 4 rings (SSSR count). The summed E-state index contributed by atoms with van der Waals surface area (Å²) in [5.41, 5.74) is 4.13. The monoisotopic (exact) mass is 479 g/mol. The van der Waals surface area contributed by atoms with Crippen molar-refractivity contribution in [3.63, 3.8) is 0 Å². The molecule has 7 heteroatoms. The molecule has 0 aliphatic heterocycles. The maximum atomic E-state index is 11.6. The first-order valence-electron chi connectivity index (χ1n) is 10.5. The molecular weight excluding hydrogens is 454 g/mol. The van der Waals surface area contributed by atoms with Crippen LogP contribution in [0, 0.1) is 0 Å². The molecule has 2 aromatic carbocycles. The lowest BCUT2D eigenvalue weighted by Crippen LogP contribution is -2.23. The van der Waals surface area contributed by atoms with Gasteiger partial charge in [-0.25, -0.2) is 14.8 Å². The van der Waals surface area contributed by atoms with Crippen LogP contribution in [-0.2, 0) is 6.54 Å². The van der Waals surface area contributed by atoms with Crippen LogP contribution in [0.2, 0.25) is 0 Å². The first-order valence-corrected chi connectivity index (χ1v) is 11.4. The third-order valence-corrected chi connectivity index (χ3v) is 6.32. The summed E-state index contributed by atoms with van der Waals surface area (Å²) in [7, 11) is 0. The SMILES string of the molecule is CC(C)c1ccc(-c2nccc(C(NCc3ccccc3C(=O)O)c3cccs3)n2)cc1.Cl. The zero-order chi connectivity index (χ0) is 22.5. The van der Waals surface area contributed by atoms with Gasteiger partial charge in [-0.05, 0) is 40.6 Å².